The molecule has 0 aromatic heterocycles. The third-order valence-corrected chi connectivity index (χ3v) is 6.62. The second-order valence-corrected chi connectivity index (χ2v) is 9.69. The molecule has 3 rings (SSSR count). The number of halogens is 2. The molecule has 0 saturated carbocycles. The van der Waals surface area contributed by atoms with Gasteiger partial charge < -0.3 is 4.74 Å². The summed E-state index contributed by atoms with van der Waals surface area (Å²) in [5.41, 5.74) is -0.176. The van der Waals surface area contributed by atoms with Crippen LogP contribution in [-0.4, -0.2) is 56.8 Å². The van der Waals surface area contributed by atoms with E-state index in [1.54, 1.807) is 12.1 Å². The number of carbonyl (C=O) groups excluding carboxylic acids is 1. The molecular weight excluding hydrogens is 427 g/mol. The quantitative estimate of drug-likeness (QED) is 0.695. The first kappa shape index (κ1) is 19.7. The second kappa shape index (κ2) is 7.18. The van der Waals surface area contributed by atoms with E-state index in [1.165, 1.54) is 13.2 Å². The topological polar surface area (TPSA) is 75.7 Å². The van der Waals surface area contributed by atoms with Gasteiger partial charge in [0.2, 0.25) is 10.0 Å². The Morgan fingerprint density at radius 1 is 1.50 bits per heavy atom. The molecule has 2 saturated heterocycles. The van der Waals surface area contributed by atoms with Crippen LogP contribution in [0.5, 0.6) is 0 Å². The van der Waals surface area contributed by atoms with E-state index in [1.807, 2.05) is 0 Å². The smallest absolute Gasteiger partial charge is 0.326 e. The molecule has 0 spiro atoms. The number of nitrogens with zero attached hydrogens (tertiary/aromatic N) is 1. The Balaban J connectivity index is 1.98. The molecule has 0 aliphatic carbocycles. The predicted octanol–water partition coefficient (Wildman–Crippen LogP) is 1.83. The van der Waals surface area contributed by atoms with Crippen molar-refractivity contribution in [2.45, 2.75) is 43.3 Å². The van der Waals surface area contributed by atoms with Crippen LogP contribution in [0.15, 0.2) is 22.7 Å². The van der Waals surface area contributed by atoms with E-state index in [0.717, 1.165) is 24.7 Å². The Morgan fingerprint density at radius 2 is 2.23 bits per heavy atom. The Bertz CT molecular complexity index is 819. The number of nitrogens with one attached hydrogen (secondary N) is 1. The van der Waals surface area contributed by atoms with E-state index in [4.69, 9.17) is 4.74 Å². The number of ether oxygens (including phenoxy) is 1. The largest absolute Gasteiger partial charge is 0.468 e. The minimum absolute atomic E-state index is 0.0484. The van der Waals surface area contributed by atoms with Gasteiger partial charge in [-0.05, 0) is 59.4 Å². The lowest BCUT2D eigenvalue weighted by atomic mass is 9.86. The van der Waals surface area contributed by atoms with Crippen LogP contribution < -0.4 is 4.72 Å². The molecule has 1 aromatic rings. The lowest BCUT2D eigenvalue weighted by Crippen LogP contribution is -2.53. The fraction of sp³-hybridized carbons (Fsp3) is 0.588. The van der Waals surface area contributed by atoms with Crippen molar-refractivity contribution in [1.82, 2.24) is 9.62 Å². The molecule has 0 radical (unpaired) electrons. The van der Waals surface area contributed by atoms with Crippen molar-refractivity contribution in [3.63, 3.8) is 0 Å². The Morgan fingerprint density at radius 3 is 2.85 bits per heavy atom. The van der Waals surface area contributed by atoms with Crippen LogP contribution >= 0.6 is 15.9 Å². The highest BCUT2D eigenvalue weighted by Gasteiger charge is 2.58. The molecule has 0 unspecified atom stereocenters. The maximum atomic E-state index is 13.6. The van der Waals surface area contributed by atoms with Gasteiger partial charge in [-0.25, -0.2) is 17.5 Å². The van der Waals surface area contributed by atoms with Crippen LogP contribution in [0.4, 0.5) is 4.39 Å². The lowest BCUT2D eigenvalue weighted by Gasteiger charge is -2.35. The van der Waals surface area contributed by atoms with E-state index in [2.05, 4.69) is 25.6 Å². The number of hydrogen-bond acceptors (Lipinski definition) is 5. The highest BCUT2D eigenvalue weighted by molar-refractivity contribution is 9.10. The van der Waals surface area contributed by atoms with Crippen LogP contribution in [0.25, 0.3) is 0 Å². The maximum absolute atomic E-state index is 13.6. The van der Waals surface area contributed by atoms with Gasteiger partial charge in [-0.3, -0.25) is 9.69 Å². The maximum Gasteiger partial charge on any atom is 0.326 e. The predicted molar refractivity (Wildman–Crippen MR) is 98.7 cm³/mol. The van der Waals surface area contributed by atoms with Crippen LogP contribution in [0.2, 0.25) is 0 Å². The van der Waals surface area contributed by atoms with E-state index >= 15 is 0 Å². The average Bonchev–Trinajstić information content (AvgIpc) is 3.13. The number of esters is 1. The first-order valence-electron chi connectivity index (χ1n) is 8.43. The summed E-state index contributed by atoms with van der Waals surface area (Å²) in [6, 6.07) is 4.26. The molecule has 26 heavy (non-hydrogen) atoms. The summed E-state index contributed by atoms with van der Waals surface area (Å²) >= 11 is 3.18. The third kappa shape index (κ3) is 3.67. The fourth-order valence-corrected chi connectivity index (χ4v) is 5.59. The third-order valence-electron chi connectivity index (χ3n) is 5.28. The van der Waals surface area contributed by atoms with Gasteiger partial charge in [-0.1, -0.05) is 6.07 Å². The highest BCUT2D eigenvalue weighted by Crippen LogP contribution is 2.43. The lowest BCUT2D eigenvalue weighted by molar-refractivity contribution is -0.153. The number of methoxy groups -OCH3 is 1. The zero-order valence-corrected chi connectivity index (χ0v) is 17.1. The van der Waals surface area contributed by atoms with Gasteiger partial charge in [-0.2, -0.15) is 0 Å². The molecule has 2 aliphatic heterocycles. The molecule has 0 amide bonds. The normalized spacial score (nSPS) is 28.9. The van der Waals surface area contributed by atoms with Crippen LogP contribution in [0.1, 0.15) is 24.8 Å². The number of benzene rings is 1. The molecule has 1 aromatic carbocycles. The minimum Gasteiger partial charge on any atom is -0.468 e. The summed E-state index contributed by atoms with van der Waals surface area (Å²) in [6.45, 7) is 0.698. The Labute approximate surface area is 161 Å². The molecule has 3 atom stereocenters. The average molecular weight is 449 g/mol. The van der Waals surface area contributed by atoms with Crippen molar-refractivity contribution in [3.8, 4) is 0 Å². The summed E-state index contributed by atoms with van der Waals surface area (Å²) in [7, 11) is -2.06. The Kier molecular flexibility index (Phi) is 5.45. The first-order chi connectivity index (χ1) is 12.2. The Hall–Kier alpha value is -1.03. The second-order valence-electron chi connectivity index (χ2n) is 7.05. The van der Waals surface area contributed by atoms with E-state index in [9.17, 15) is 17.6 Å². The fourth-order valence-electron chi connectivity index (χ4n) is 4.38. The number of sulfonamides is 1. The molecule has 2 heterocycles. The van der Waals surface area contributed by atoms with Crippen molar-refractivity contribution in [1.29, 1.82) is 0 Å². The van der Waals surface area contributed by atoms with E-state index < -0.39 is 15.6 Å². The van der Waals surface area contributed by atoms with E-state index in [0.29, 0.717) is 23.9 Å². The van der Waals surface area contributed by atoms with Gasteiger partial charge in [-0.15, -0.1) is 0 Å². The van der Waals surface area contributed by atoms with Gasteiger partial charge in [0.25, 0.3) is 0 Å². The highest BCUT2D eigenvalue weighted by atomic mass is 79.9. The molecule has 9 heteroatoms. The summed E-state index contributed by atoms with van der Waals surface area (Å²) in [5, 5.41) is 0. The van der Waals surface area contributed by atoms with Crippen molar-refractivity contribution >= 4 is 31.9 Å². The molecule has 6 nitrogen and oxygen atoms in total. The number of rotatable bonds is 5. The number of fused-ring (bicyclic) bond motifs is 1. The van der Waals surface area contributed by atoms with Crippen molar-refractivity contribution in [2.75, 3.05) is 19.9 Å². The standard InChI is InChI=1S/C17H22BrFN2O4S/c1-25-16(22)17(9-11-5-6-13(19)12(18)8-11)10-14(20-26(2,23)24)15-4-3-7-21(15)17/h5-6,8,14-15,20H,3-4,7,9-10H2,1-2H3/t14-,15+,17+/m1/s1. The summed E-state index contributed by atoms with van der Waals surface area (Å²) in [5.74, 6) is -0.759. The van der Waals surface area contributed by atoms with Gasteiger partial charge in [0.05, 0.1) is 17.8 Å². The van der Waals surface area contributed by atoms with Gasteiger partial charge in [0, 0.05) is 18.5 Å². The minimum atomic E-state index is -3.40. The molecule has 2 aliphatic rings. The zero-order valence-electron chi connectivity index (χ0n) is 14.7. The van der Waals surface area contributed by atoms with Gasteiger partial charge in [0.1, 0.15) is 11.4 Å². The number of hydrogen-bond donors (Lipinski definition) is 1. The summed E-state index contributed by atoms with van der Waals surface area (Å²) < 4.78 is 45.2. The summed E-state index contributed by atoms with van der Waals surface area (Å²) in [6.07, 6.45) is 3.49. The van der Waals surface area contributed by atoms with Crippen molar-refractivity contribution < 1.29 is 22.3 Å². The molecule has 144 valence electrons. The molecule has 2 fully saturated rings. The van der Waals surface area contributed by atoms with Crippen molar-refractivity contribution in [3.05, 3.63) is 34.1 Å². The van der Waals surface area contributed by atoms with Crippen molar-refractivity contribution in [2.24, 2.45) is 0 Å². The van der Waals surface area contributed by atoms with Crippen LogP contribution in [0.3, 0.4) is 0 Å². The first-order valence-corrected chi connectivity index (χ1v) is 11.1. The van der Waals surface area contributed by atoms with Crippen LogP contribution in [-0.2, 0) is 26.0 Å². The van der Waals surface area contributed by atoms with Crippen LogP contribution in [0, 0.1) is 5.82 Å². The van der Waals surface area contributed by atoms with Gasteiger partial charge >= 0.3 is 5.97 Å². The zero-order chi connectivity index (χ0) is 19.1. The molecular formula is C17H22BrFN2O4S. The number of carbonyl (C=O) groups is 1. The monoisotopic (exact) mass is 448 g/mol. The molecule has 0 bridgehead atoms. The van der Waals surface area contributed by atoms with E-state index in [-0.39, 0.29) is 23.9 Å². The summed E-state index contributed by atoms with van der Waals surface area (Å²) in [4.78, 5) is 14.9. The molecule has 1 N–H and O–H groups in total. The SMILES string of the molecule is COC(=O)[C@]1(Cc2ccc(F)c(Br)c2)C[C@@H](NS(C)(=O)=O)[C@@H]2CCCN21. The van der Waals surface area contributed by atoms with Gasteiger partial charge in [0.15, 0.2) is 0 Å².